The van der Waals surface area contributed by atoms with Gasteiger partial charge in [-0.05, 0) is 25.1 Å². The number of ether oxygens (including phenoxy) is 2. The minimum Gasteiger partial charge on any atom is -0.496 e. The van der Waals surface area contributed by atoms with Gasteiger partial charge < -0.3 is 19.3 Å². The fourth-order valence-electron chi connectivity index (χ4n) is 4.38. The Kier molecular flexibility index (Phi) is 5.43. The van der Waals surface area contributed by atoms with Crippen LogP contribution >= 0.6 is 0 Å². The predicted molar refractivity (Wildman–Crippen MR) is 109 cm³/mol. The lowest BCUT2D eigenvalue weighted by Gasteiger charge is -2.44. The van der Waals surface area contributed by atoms with Crippen molar-refractivity contribution < 1.29 is 19.1 Å². The van der Waals surface area contributed by atoms with Crippen molar-refractivity contribution in [1.82, 2.24) is 9.80 Å². The van der Waals surface area contributed by atoms with Crippen molar-refractivity contribution in [1.29, 1.82) is 0 Å². The summed E-state index contributed by atoms with van der Waals surface area (Å²) in [5, 5.41) is 0. The maximum Gasteiger partial charge on any atom is 0.258 e. The molecule has 2 atom stereocenters. The number of amides is 2. The first-order chi connectivity index (χ1) is 14.1. The zero-order chi connectivity index (χ0) is 20.4. The van der Waals surface area contributed by atoms with Gasteiger partial charge in [0.05, 0.1) is 25.3 Å². The summed E-state index contributed by atoms with van der Waals surface area (Å²) in [6.45, 7) is 4.06. The van der Waals surface area contributed by atoms with Gasteiger partial charge in [-0.2, -0.15) is 0 Å². The van der Waals surface area contributed by atoms with Crippen molar-refractivity contribution in [2.24, 2.45) is 5.92 Å². The zero-order valence-electron chi connectivity index (χ0n) is 16.8. The van der Waals surface area contributed by atoms with E-state index in [1.165, 1.54) is 0 Å². The molecule has 2 aliphatic rings. The van der Waals surface area contributed by atoms with Crippen LogP contribution in [-0.2, 0) is 4.79 Å². The van der Waals surface area contributed by atoms with Crippen molar-refractivity contribution in [2.45, 2.75) is 19.4 Å². The Hall–Kier alpha value is -3.02. The third kappa shape index (κ3) is 3.55. The normalized spacial score (nSPS) is 21.4. The van der Waals surface area contributed by atoms with Gasteiger partial charge in [-0.15, -0.1) is 0 Å². The first kappa shape index (κ1) is 19.3. The largest absolute Gasteiger partial charge is 0.496 e. The van der Waals surface area contributed by atoms with E-state index in [1.54, 1.807) is 19.2 Å². The summed E-state index contributed by atoms with van der Waals surface area (Å²) in [5.74, 6) is 1.31. The van der Waals surface area contributed by atoms with E-state index in [4.69, 9.17) is 9.47 Å². The van der Waals surface area contributed by atoms with Gasteiger partial charge in [0, 0.05) is 37.5 Å². The second kappa shape index (κ2) is 8.15. The van der Waals surface area contributed by atoms with Gasteiger partial charge in [-0.1, -0.05) is 30.3 Å². The van der Waals surface area contributed by atoms with E-state index < -0.39 is 0 Å². The number of nitrogens with zero attached hydrogens (tertiary/aromatic N) is 2. The lowest BCUT2D eigenvalue weighted by molar-refractivity contribution is -0.134. The molecule has 0 radical (unpaired) electrons. The molecule has 1 saturated heterocycles. The number of hydrogen-bond acceptors (Lipinski definition) is 4. The molecule has 1 fully saturated rings. The van der Waals surface area contributed by atoms with E-state index in [-0.39, 0.29) is 23.8 Å². The molecule has 4 rings (SSSR count). The number of methoxy groups -OCH3 is 1. The molecule has 0 N–H and O–H groups in total. The van der Waals surface area contributed by atoms with Crippen LogP contribution in [0.1, 0.15) is 35.3 Å². The van der Waals surface area contributed by atoms with Crippen LogP contribution in [0.2, 0.25) is 0 Å². The molecular weight excluding hydrogens is 368 g/mol. The molecule has 0 aliphatic carbocycles. The summed E-state index contributed by atoms with van der Waals surface area (Å²) < 4.78 is 11.4. The van der Waals surface area contributed by atoms with Gasteiger partial charge in [0.1, 0.15) is 11.5 Å². The second-order valence-electron chi connectivity index (χ2n) is 7.43. The SMILES string of the molecule is CCN1C[C@H]2COc3ccccc3[C@H]2N(C(=O)c2ccccc2OC)CCC1=O. The molecule has 6 heteroatoms. The Bertz CT molecular complexity index is 913. The Balaban J connectivity index is 1.78. The number of carbonyl (C=O) groups is 2. The molecular formula is C23H26N2O4. The predicted octanol–water partition coefficient (Wildman–Crippen LogP) is 3.14. The Morgan fingerprint density at radius 3 is 2.72 bits per heavy atom. The number of para-hydroxylation sites is 2. The fourth-order valence-corrected chi connectivity index (χ4v) is 4.38. The second-order valence-corrected chi connectivity index (χ2v) is 7.43. The molecule has 0 unspecified atom stereocenters. The van der Waals surface area contributed by atoms with E-state index in [9.17, 15) is 9.59 Å². The highest BCUT2D eigenvalue weighted by Crippen LogP contribution is 2.41. The molecule has 0 aromatic heterocycles. The number of benzene rings is 2. The summed E-state index contributed by atoms with van der Waals surface area (Å²) in [6.07, 6.45) is 0.307. The molecule has 2 heterocycles. The molecule has 152 valence electrons. The molecule has 0 saturated carbocycles. The molecule has 6 nitrogen and oxygen atoms in total. The van der Waals surface area contributed by atoms with Crippen LogP contribution in [0.4, 0.5) is 0 Å². The average Bonchev–Trinajstić information content (AvgIpc) is 2.76. The van der Waals surface area contributed by atoms with Crippen molar-refractivity contribution in [3.8, 4) is 11.5 Å². The minimum absolute atomic E-state index is 0.00718. The summed E-state index contributed by atoms with van der Waals surface area (Å²) in [5.41, 5.74) is 1.51. The topological polar surface area (TPSA) is 59.1 Å². The van der Waals surface area contributed by atoms with Crippen molar-refractivity contribution >= 4 is 11.8 Å². The number of rotatable bonds is 3. The fraction of sp³-hybridized carbons (Fsp3) is 0.391. The van der Waals surface area contributed by atoms with Gasteiger partial charge in [-0.3, -0.25) is 9.59 Å². The van der Waals surface area contributed by atoms with Gasteiger partial charge in [0.2, 0.25) is 5.91 Å². The monoisotopic (exact) mass is 394 g/mol. The molecule has 2 aliphatic heterocycles. The summed E-state index contributed by atoms with van der Waals surface area (Å²) in [6, 6.07) is 15.0. The number of fused-ring (bicyclic) bond motifs is 3. The quantitative estimate of drug-likeness (QED) is 0.803. The number of hydrogen-bond donors (Lipinski definition) is 0. The van der Waals surface area contributed by atoms with E-state index >= 15 is 0 Å². The van der Waals surface area contributed by atoms with Crippen LogP contribution in [0.5, 0.6) is 11.5 Å². The Morgan fingerprint density at radius 1 is 1.17 bits per heavy atom. The average molecular weight is 394 g/mol. The van der Waals surface area contributed by atoms with Crippen LogP contribution in [0, 0.1) is 5.92 Å². The van der Waals surface area contributed by atoms with E-state index in [0.717, 1.165) is 11.3 Å². The smallest absolute Gasteiger partial charge is 0.258 e. The lowest BCUT2D eigenvalue weighted by Crippen LogP contribution is -2.51. The molecule has 2 aromatic carbocycles. The molecule has 0 bridgehead atoms. The van der Waals surface area contributed by atoms with Crippen LogP contribution < -0.4 is 9.47 Å². The van der Waals surface area contributed by atoms with Crippen molar-refractivity contribution in [3.05, 3.63) is 59.7 Å². The lowest BCUT2D eigenvalue weighted by atomic mass is 9.87. The third-order valence-corrected chi connectivity index (χ3v) is 5.83. The standard InChI is InChI=1S/C23H26N2O4/c1-3-24-14-16-15-29-20-11-7-4-8-17(20)22(16)25(13-12-21(24)26)23(27)18-9-5-6-10-19(18)28-2/h4-11,16,22H,3,12-15H2,1-2H3/t16-,22-/m0/s1. The van der Waals surface area contributed by atoms with Crippen LogP contribution in [0.3, 0.4) is 0 Å². The van der Waals surface area contributed by atoms with Gasteiger partial charge in [0.15, 0.2) is 0 Å². The van der Waals surface area contributed by atoms with Gasteiger partial charge in [0.25, 0.3) is 5.91 Å². The van der Waals surface area contributed by atoms with E-state index in [1.807, 2.05) is 53.1 Å². The van der Waals surface area contributed by atoms with Crippen LogP contribution in [0.25, 0.3) is 0 Å². The highest BCUT2D eigenvalue weighted by molar-refractivity contribution is 5.97. The van der Waals surface area contributed by atoms with Crippen LogP contribution in [0.15, 0.2) is 48.5 Å². The molecule has 29 heavy (non-hydrogen) atoms. The Labute approximate surface area is 171 Å². The van der Waals surface area contributed by atoms with Gasteiger partial charge in [-0.25, -0.2) is 0 Å². The van der Waals surface area contributed by atoms with Crippen molar-refractivity contribution in [3.63, 3.8) is 0 Å². The highest BCUT2D eigenvalue weighted by atomic mass is 16.5. The highest BCUT2D eigenvalue weighted by Gasteiger charge is 2.41. The summed E-state index contributed by atoms with van der Waals surface area (Å²) in [4.78, 5) is 30.0. The van der Waals surface area contributed by atoms with E-state index in [2.05, 4.69) is 0 Å². The van der Waals surface area contributed by atoms with E-state index in [0.29, 0.717) is 44.0 Å². The third-order valence-electron chi connectivity index (χ3n) is 5.83. The molecule has 0 spiro atoms. The summed E-state index contributed by atoms with van der Waals surface area (Å²) >= 11 is 0. The zero-order valence-corrected chi connectivity index (χ0v) is 16.8. The van der Waals surface area contributed by atoms with Crippen molar-refractivity contribution in [2.75, 3.05) is 33.4 Å². The number of carbonyl (C=O) groups excluding carboxylic acids is 2. The maximum atomic E-state index is 13.6. The first-order valence-electron chi connectivity index (χ1n) is 10.1. The van der Waals surface area contributed by atoms with Crippen LogP contribution in [-0.4, -0.2) is 55.0 Å². The molecule has 2 amide bonds. The minimum atomic E-state index is -0.153. The first-order valence-corrected chi connectivity index (χ1v) is 10.1. The maximum absolute atomic E-state index is 13.6. The Morgan fingerprint density at radius 2 is 1.93 bits per heavy atom. The summed E-state index contributed by atoms with van der Waals surface area (Å²) in [7, 11) is 1.56. The van der Waals surface area contributed by atoms with Gasteiger partial charge >= 0.3 is 0 Å². The molecule has 2 aromatic rings.